The first kappa shape index (κ1) is 12.9. The van der Waals surface area contributed by atoms with Gasteiger partial charge in [-0.25, -0.2) is 0 Å². The van der Waals surface area contributed by atoms with E-state index >= 15 is 0 Å². The Balaban J connectivity index is 1.63. The van der Waals surface area contributed by atoms with Gasteiger partial charge < -0.3 is 14.5 Å². The quantitative estimate of drug-likeness (QED) is 0.924. The normalized spacial score (nSPS) is 18.1. The second-order valence-corrected chi connectivity index (χ2v) is 4.87. The van der Waals surface area contributed by atoms with Crippen LogP contribution in [0.1, 0.15) is 12.0 Å². The lowest BCUT2D eigenvalue weighted by Crippen LogP contribution is -2.30. The first-order valence-corrected chi connectivity index (χ1v) is 6.65. The maximum Gasteiger partial charge on any atom is 0.225 e. The maximum atomic E-state index is 11.9. The number of rotatable bonds is 4. The van der Waals surface area contributed by atoms with Crippen molar-refractivity contribution in [3.63, 3.8) is 0 Å². The van der Waals surface area contributed by atoms with Gasteiger partial charge in [0.05, 0.1) is 25.1 Å². The Hall–Kier alpha value is -2.14. The predicted molar refractivity (Wildman–Crippen MR) is 72.7 cm³/mol. The molecule has 0 radical (unpaired) electrons. The summed E-state index contributed by atoms with van der Waals surface area (Å²) in [5, 5.41) is 2.93. The standard InChI is InChI=1S/C15H16N2O3/c18-15(13-2-4-20-10-13)17-7-11-5-14(8-16-6-11)12-1-3-19-9-12/h1,3,5-6,8-9,13H,2,4,7,10H2,(H,17,18). The maximum absolute atomic E-state index is 11.9. The van der Waals surface area contributed by atoms with Gasteiger partial charge in [0.25, 0.3) is 0 Å². The molecule has 5 heteroatoms. The number of carbonyl (C=O) groups excluding carboxylic acids is 1. The van der Waals surface area contributed by atoms with E-state index in [1.54, 1.807) is 24.9 Å². The fourth-order valence-corrected chi connectivity index (χ4v) is 2.25. The van der Waals surface area contributed by atoms with Crippen LogP contribution in [-0.4, -0.2) is 24.1 Å². The van der Waals surface area contributed by atoms with Crippen LogP contribution >= 0.6 is 0 Å². The molecular formula is C15H16N2O3. The van der Waals surface area contributed by atoms with Gasteiger partial charge in [-0.1, -0.05) is 0 Å². The Morgan fingerprint density at radius 3 is 3.10 bits per heavy atom. The minimum absolute atomic E-state index is 0.0139. The number of aromatic nitrogens is 1. The Morgan fingerprint density at radius 2 is 2.35 bits per heavy atom. The largest absolute Gasteiger partial charge is 0.472 e. The number of hydrogen-bond acceptors (Lipinski definition) is 4. The highest BCUT2D eigenvalue weighted by atomic mass is 16.5. The molecule has 20 heavy (non-hydrogen) atoms. The molecule has 0 spiro atoms. The molecule has 1 amide bonds. The minimum atomic E-state index is -0.0139. The molecule has 1 fully saturated rings. The Kier molecular flexibility index (Phi) is 3.78. The van der Waals surface area contributed by atoms with Crippen LogP contribution in [0.15, 0.2) is 41.5 Å². The molecule has 1 aliphatic heterocycles. The van der Waals surface area contributed by atoms with Crippen molar-refractivity contribution in [2.24, 2.45) is 5.92 Å². The second kappa shape index (κ2) is 5.88. The molecule has 5 nitrogen and oxygen atoms in total. The van der Waals surface area contributed by atoms with Crippen molar-refractivity contribution >= 4 is 5.91 Å². The van der Waals surface area contributed by atoms with Gasteiger partial charge in [0, 0.05) is 36.7 Å². The van der Waals surface area contributed by atoms with Crippen molar-refractivity contribution in [3.8, 4) is 11.1 Å². The minimum Gasteiger partial charge on any atom is -0.472 e. The molecular weight excluding hydrogens is 256 g/mol. The van der Waals surface area contributed by atoms with E-state index < -0.39 is 0 Å². The van der Waals surface area contributed by atoms with Gasteiger partial charge in [-0.05, 0) is 24.1 Å². The topological polar surface area (TPSA) is 64.4 Å². The number of nitrogens with one attached hydrogen (secondary N) is 1. The first-order chi connectivity index (χ1) is 9.83. The Labute approximate surface area is 117 Å². The Bertz CT molecular complexity index is 575. The van der Waals surface area contributed by atoms with E-state index in [1.165, 1.54) is 0 Å². The van der Waals surface area contributed by atoms with Crippen molar-refractivity contribution in [1.29, 1.82) is 0 Å². The average Bonchev–Trinajstić information content (AvgIpc) is 3.17. The van der Waals surface area contributed by atoms with Crippen LogP contribution in [0.4, 0.5) is 0 Å². The van der Waals surface area contributed by atoms with Gasteiger partial charge in [0.2, 0.25) is 5.91 Å². The van der Waals surface area contributed by atoms with Crippen LogP contribution in [0.25, 0.3) is 11.1 Å². The van der Waals surface area contributed by atoms with Crippen LogP contribution in [0, 0.1) is 5.92 Å². The number of carbonyl (C=O) groups is 1. The fourth-order valence-electron chi connectivity index (χ4n) is 2.25. The number of nitrogens with zero attached hydrogens (tertiary/aromatic N) is 1. The molecule has 3 rings (SSSR count). The van der Waals surface area contributed by atoms with Crippen LogP contribution in [0.5, 0.6) is 0 Å². The summed E-state index contributed by atoms with van der Waals surface area (Å²) >= 11 is 0. The molecule has 3 heterocycles. The predicted octanol–water partition coefficient (Wildman–Crippen LogP) is 1.99. The number of pyridine rings is 1. The summed E-state index contributed by atoms with van der Waals surface area (Å²) < 4.78 is 10.3. The SMILES string of the molecule is O=C(NCc1cncc(-c2ccoc2)c1)C1CCOC1. The smallest absolute Gasteiger partial charge is 0.225 e. The third kappa shape index (κ3) is 2.88. The number of hydrogen-bond donors (Lipinski definition) is 1. The van der Waals surface area contributed by atoms with Crippen LogP contribution in [0.2, 0.25) is 0 Å². The van der Waals surface area contributed by atoms with Crippen molar-refractivity contribution in [1.82, 2.24) is 10.3 Å². The molecule has 0 saturated carbocycles. The molecule has 2 aromatic rings. The molecule has 1 unspecified atom stereocenters. The van der Waals surface area contributed by atoms with Gasteiger partial charge >= 0.3 is 0 Å². The molecule has 1 atom stereocenters. The number of ether oxygens (including phenoxy) is 1. The lowest BCUT2D eigenvalue weighted by molar-refractivity contribution is -0.125. The highest BCUT2D eigenvalue weighted by molar-refractivity contribution is 5.79. The molecule has 0 aliphatic carbocycles. The Morgan fingerprint density at radius 1 is 1.40 bits per heavy atom. The van der Waals surface area contributed by atoms with E-state index in [4.69, 9.17) is 9.15 Å². The van der Waals surface area contributed by atoms with Gasteiger partial charge in [0.1, 0.15) is 0 Å². The third-order valence-electron chi connectivity index (χ3n) is 3.42. The molecule has 0 aromatic carbocycles. The van der Waals surface area contributed by atoms with Crippen LogP contribution in [0.3, 0.4) is 0 Å². The molecule has 104 valence electrons. The third-order valence-corrected chi connectivity index (χ3v) is 3.42. The summed E-state index contributed by atoms with van der Waals surface area (Å²) in [4.78, 5) is 16.1. The van der Waals surface area contributed by atoms with Crippen molar-refractivity contribution in [3.05, 3.63) is 42.6 Å². The fraction of sp³-hybridized carbons (Fsp3) is 0.333. The van der Waals surface area contributed by atoms with E-state index in [-0.39, 0.29) is 11.8 Å². The summed E-state index contributed by atoms with van der Waals surface area (Å²) in [7, 11) is 0. The molecule has 1 N–H and O–H groups in total. The lowest BCUT2D eigenvalue weighted by atomic mass is 10.1. The van der Waals surface area contributed by atoms with Crippen molar-refractivity contribution in [2.75, 3.05) is 13.2 Å². The van der Waals surface area contributed by atoms with Gasteiger partial charge in [0.15, 0.2) is 0 Å². The zero-order chi connectivity index (χ0) is 13.8. The van der Waals surface area contributed by atoms with Crippen molar-refractivity contribution in [2.45, 2.75) is 13.0 Å². The van der Waals surface area contributed by atoms with E-state index in [0.717, 1.165) is 23.1 Å². The zero-order valence-corrected chi connectivity index (χ0v) is 11.0. The number of amides is 1. The van der Waals surface area contributed by atoms with Gasteiger partial charge in [-0.15, -0.1) is 0 Å². The first-order valence-electron chi connectivity index (χ1n) is 6.65. The lowest BCUT2D eigenvalue weighted by Gasteiger charge is -2.09. The zero-order valence-electron chi connectivity index (χ0n) is 11.0. The summed E-state index contributed by atoms with van der Waals surface area (Å²) in [5.74, 6) is 0.0382. The van der Waals surface area contributed by atoms with E-state index in [0.29, 0.717) is 19.8 Å². The second-order valence-electron chi connectivity index (χ2n) is 4.87. The molecule has 0 bridgehead atoms. The molecule has 2 aromatic heterocycles. The van der Waals surface area contributed by atoms with Crippen LogP contribution in [-0.2, 0) is 16.1 Å². The highest BCUT2D eigenvalue weighted by Gasteiger charge is 2.22. The van der Waals surface area contributed by atoms with E-state index in [2.05, 4.69) is 10.3 Å². The van der Waals surface area contributed by atoms with E-state index in [1.807, 2.05) is 12.1 Å². The van der Waals surface area contributed by atoms with Gasteiger partial charge in [-0.2, -0.15) is 0 Å². The van der Waals surface area contributed by atoms with Crippen LogP contribution < -0.4 is 5.32 Å². The molecule has 1 saturated heterocycles. The summed E-state index contributed by atoms with van der Waals surface area (Å²) in [6.45, 7) is 1.68. The van der Waals surface area contributed by atoms with E-state index in [9.17, 15) is 4.79 Å². The van der Waals surface area contributed by atoms with Gasteiger partial charge in [-0.3, -0.25) is 9.78 Å². The van der Waals surface area contributed by atoms with Crippen molar-refractivity contribution < 1.29 is 13.9 Å². The monoisotopic (exact) mass is 272 g/mol. The summed E-state index contributed by atoms with van der Waals surface area (Å²) in [6.07, 6.45) is 7.65. The number of furan rings is 1. The highest BCUT2D eigenvalue weighted by Crippen LogP contribution is 2.19. The summed E-state index contributed by atoms with van der Waals surface area (Å²) in [6, 6.07) is 3.89. The molecule has 1 aliphatic rings. The average molecular weight is 272 g/mol. The summed E-state index contributed by atoms with van der Waals surface area (Å²) in [5.41, 5.74) is 2.93.